The molecule has 0 aliphatic carbocycles. The van der Waals surface area contributed by atoms with Gasteiger partial charge in [-0.3, -0.25) is 14.6 Å². The van der Waals surface area contributed by atoms with Gasteiger partial charge in [-0.25, -0.2) is 4.39 Å². The number of carbonyl (C=O) groups excluding carboxylic acids is 1. The maximum atomic E-state index is 13.1. The molecule has 0 bridgehead atoms. The molecule has 0 aliphatic heterocycles. The Hall–Kier alpha value is -3.28. The van der Waals surface area contributed by atoms with Gasteiger partial charge in [0.25, 0.3) is 5.91 Å². The van der Waals surface area contributed by atoms with Gasteiger partial charge in [0.2, 0.25) is 5.56 Å². The number of nitrogens with one attached hydrogen (secondary N) is 1. The van der Waals surface area contributed by atoms with E-state index >= 15 is 0 Å². The van der Waals surface area contributed by atoms with Crippen molar-refractivity contribution in [2.24, 2.45) is 0 Å². The predicted molar refractivity (Wildman–Crippen MR) is 91.3 cm³/mol. The van der Waals surface area contributed by atoms with E-state index in [1.807, 2.05) is 30.3 Å². The zero-order valence-corrected chi connectivity index (χ0v) is 13.4. The minimum absolute atomic E-state index is 0.199. The molecule has 0 spiro atoms. The Kier molecular flexibility index (Phi) is 4.99. The molecule has 3 aromatic rings. The molecule has 126 valence electrons. The van der Waals surface area contributed by atoms with Crippen molar-refractivity contribution in [2.75, 3.05) is 0 Å². The van der Waals surface area contributed by atoms with Crippen molar-refractivity contribution in [3.05, 3.63) is 100.0 Å². The average Bonchev–Trinajstić information content (AvgIpc) is 2.63. The van der Waals surface area contributed by atoms with Crippen LogP contribution in [0.1, 0.15) is 21.7 Å². The lowest BCUT2D eigenvalue weighted by molar-refractivity contribution is 0.0721. The summed E-state index contributed by atoms with van der Waals surface area (Å²) in [5.74, 6) is -0.759. The summed E-state index contributed by atoms with van der Waals surface area (Å²) >= 11 is 0. The third-order valence-electron chi connectivity index (χ3n) is 3.64. The first-order chi connectivity index (χ1) is 12.1. The highest BCUT2D eigenvalue weighted by Gasteiger charge is 2.18. The van der Waals surface area contributed by atoms with Crippen LogP contribution in [0.5, 0.6) is 0 Å². The highest BCUT2D eigenvalue weighted by Crippen LogP contribution is 2.12. The average molecular weight is 337 g/mol. The second-order valence-corrected chi connectivity index (χ2v) is 5.54. The molecule has 0 aliphatic rings. The van der Waals surface area contributed by atoms with Crippen LogP contribution in [0.15, 0.2) is 71.7 Å². The molecular formula is C19H16FN3O2. The van der Waals surface area contributed by atoms with Crippen molar-refractivity contribution in [2.45, 2.75) is 13.1 Å². The van der Waals surface area contributed by atoms with Gasteiger partial charge >= 0.3 is 0 Å². The highest BCUT2D eigenvalue weighted by molar-refractivity contribution is 5.92. The summed E-state index contributed by atoms with van der Waals surface area (Å²) in [6.45, 7) is 0.542. The topological polar surface area (TPSA) is 66.1 Å². The maximum Gasteiger partial charge on any atom is 0.271 e. The number of halogens is 1. The van der Waals surface area contributed by atoms with Gasteiger partial charge in [-0.05, 0) is 23.8 Å². The van der Waals surface area contributed by atoms with Crippen LogP contribution in [0, 0.1) is 5.82 Å². The number of hydrogen-bond donors (Lipinski definition) is 1. The Bertz CT molecular complexity index is 908. The molecule has 2 heterocycles. The summed E-state index contributed by atoms with van der Waals surface area (Å²) in [7, 11) is 0. The van der Waals surface area contributed by atoms with Gasteiger partial charge in [-0.15, -0.1) is 0 Å². The predicted octanol–water partition coefficient (Wildman–Crippen LogP) is 2.75. The van der Waals surface area contributed by atoms with E-state index in [0.717, 1.165) is 11.8 Å². The maximum absolute atomic E-state index is 13.1. The van der Waals surface area contributed by atoms with Crippen LogP contribution in [0.25, 0.3) is 0 Å². The normalized spacial score (nSPS) is 10.4. The van der Waals surface area contributed by atoms with E-state index in [1.165, 1.54) is 24.3 Å². The van der Waals surface area contributed by atoms with E-state index in [-0.39, 0.29) is 23.7 Å². The Labute approximate surface area is 143 Å². The summed E-state index contributed by atoms with van der Waals surface area (Å²) in [5.41, 5.74) is 1.36. The number of H-pyrrole nitrogens is 1. The van der Waals surface area contributed by atoms with Crippen LogP contribution in [0.3, 0.4) is 0 Å². The molecule has 0 fully saturated rings. The highest BCUT2D eigenvalue weighted by atomic mass is 19.1. The molecule has 0 radical (unpaired) electrons. The standard InChI is InChI=1S/C19H16FN3O2/c20-15-9-10-16(21-11-15)13-23(12-14-5-2-1-3-6-14)19(25)17-7-4-8-18(24)22-17/h1-11H,12-13H2,(H,22,24). The van der Waals surface area contributed by atoms with Crippen LogP contribution >= 0.6 is 0 Å². The minimum Gasteiger partial charge on any atom is -0.327 e. The molecule has 1 N–H and O–H groups in total. The zero-order chi connectivity index (χ0) is 17.6. The SMILES string of the molecule is O=C(c1cccc(=O)[nH]1)N(Cc1ccccc1)Cc1ccc(F)cn1. The number of pyridine rings is 2. The molecule has 0 unspecified atom stereocenters. The van der Waals surface area contributed by atoms with Crippen LogP contribution < -0.4 is 5.56 Å². The molecule has 0 atom stereocenters. The number of rotatable bonds is 5. The number of benzene rings is 1. The largest absolute Gasteiger partial charge is 0.327 e. The second-order valence-electron chi connectivity index (χ2n) is 5.54. The van der Waals surface area contributed by atoms with Gasteiger partial charge in [-0.1, -0.05) is 36.4 Å². The van der Waals surface area contributed by atoms with Crippen LogP contribution in [0.4, 0.5) is 4.39 Å². The molecule has 1 aromatic carbocycles. The lowest BCUT2D eigenvalue weighted by atomic mass is 10.2. The number of aromatic nitrogens is 2. The first-order valence-corrected chi connectivity index (χ1v) is 7.75. The number of aromatic amines is 1. The molecule has 3 rings (SSSR count). The van der Waals surface area contributed by atoms with Gasteiger partial charge in [0.1, 0.15) is 11.5 Å². The van der Waals surface area contributed by atoms with E-state index in [1.54, 1.807) is 11.0 Å². The smallest absolute Gasteiger partial charge is 0.271 e. The molecule has 0 saturated heterocycles. The molecule has 25 heavy (non-hydrogen) atoms. The second kappa shape index (κ2) is 7.53. The van der Waals surface area contributed by atoms with Crippen molar-refractivity contribution in [1.82, 2.24) is 14.9 Å². The summed E-state index contributed by atoms with van der Waals surface area (Å²) in [6, 6.07) is 16.8. The van der Waals surface area contributed by atoms with E-state index in [4.69, 9.17) is 0 Å². The number of amides is 1. The minimum atomic E-state index is -0.433. The van der Waals surface area contributed by atoms with Gasteiger partial charge in [0, 0.05) is 12.6 Å². The van der Waals surface area contributed by atoms with Crippen LogP contribution in [-0.2, 0) is 13.1 Å². The van der Waals surface area contributed by atoms with E-state index < -0.39 is 5.82 Å². The number of nitrogens with zero attached hydrogens (tertiary/aromatic N) is 2. The van der Waals surface area contributed by atoms with Crippen molar-refractivity contribution in [3.63, 3.8) is 0 Å². The van der Waals surface area contributed by atoms with E-state index in [2.05, 4.69) is 9.97 Å². The van der Waals surface area contributed by atoms with Gasteiger partial charge in [-0.2, -0.15) is 0 Å². The third kappa shape index (κ3) is 4.38. The molecule has 1 amide bonds. The fourth-order valence-corrected chi connectivity index (χ4v) is 2.44. The van der Waals surface area contributed by atoms with Crippen molar-refractivity contribution in [1.29, 1.82) is 0 Å². The molecule has 2 aromatic heterocycles. The van der Waals surface area contributed by atoms with Gasteiger partial charge in [0.05, 0.1) is 18.4 Å². The first-order valence-electron chi connectivity index (χ1n) is 7.75. The Balaban J connectivity index is 1.88. The molecule has 6 heteroatoms. The molecular weight excluding hydrogens is 321 g/mol. The number of hydrogen-bond acceptors (Lipinski definition) is 3. The monoisotopic (exact) mass is 337 g/mol. The third-order valence-corrected chi connectivity index (χ3v) is 3.64. The summed E-state index contributed by atoms with van der Waals surface area (Å²) in [4.78, 5) is 32.4. The van der Waals surface area contributed by atoms with E-state index in [0.29, 0.717) is 12.2 Å². The lowest BCUT2D eigenvalue weighted by Gasteiger charge is -2.22. The quantitative estimate of drug-likeness (QED) is 0.778. The van der Waals surface area contributed by atoms with E-state index in [9.17, 15) is 14.0 Å². The number of carbonyl (C=O) groups is 1. The Morgan fingerprint density at radius 1 is 1.00 bits per heavy atom. The Morgan fingerprint density at radius 2 is 1.80 bits per heavy atom. The summed E-state index contributed by atoms with van der Waals surface area (Å²) in [5, 5.41) is 0. The van der Waals surface area contributed by atoms with Crippen molar-refractivity contribution in [3.8, 4) is 0 Å². The van der Waals surface area contributed by atoms with Gasteiger partial charge < -0.3 is 9.88 Å². The van der Waals surface area contributed by atoms with Crippen LogP contribution in [-0.4, -0.2) is 20.8 Å². The molecule has 0 saturated carbocycles. The first kappa shape index (κ1) is 16.6. The fraction of sp³-hybridized carbons (Fsp3) is 0.105. The van der Waals surface area contributed by atoms with Crippen LogP contribution in [0.2, 0.25) is 0 Å². The van der Waals surface area contributed by atoms with Gasteiger partial charge in [0.15, 0.2) is 0 Å². The Morgan fingerprint density at radius 3 is 2.48 bits per heavy atom. The molecule has 5 nitrogen and oxygen atoms in total. The zero-order valence-electron chi connectivity index (χ0n) is 13.4. The van der Waals surface area contributed by atoms with Crippen molar-refractivity contribution < 1.29 is 9.18 Å². The summed E-state index contributed by atoms with van der Waals surface area (Å²) < 4.78 is 13.1. The lowest BCUT2D eigenvalue weighted by Crippen LogP contribution is -2.32. The van der Waals surface area contributed by atoms with Crippen molar-refractivity contribution >= 4 is 5.91 Å². The summed E-state index contributed by atoms with van der Waals surface area (Å²) in [6.07, 6.45) is 1.12. The fourth-order valence-electron chi connectivity index (χ4n) is 2.44.